The van der Waals surface area contributed by atoms with Crippen molar-refractivity contribution in [2.45, 2.75) is 39.0 Å². The first-order valence-electron chi connectivity index (χ1n) is 9.06. The number of nitrogens with one attached hydrogen (secondary N) is 1. The minimum Gasteiger partial charge on any atom is -0.494 e. The van der Waals surface area contributed by atoms with Crippen LogP contribution in [0.2, 0.25) is 0 Å². The number of piperidine rings is 1. The second-order valence-electron chi connectivity index (χ2n) is 6.39. The maximum atomic E-state index is 12.3. The molecule has 1 saturated heterocycles. The number of halogens is 1. The first-order chi connectivity index (χ1) is 11.7. The Hall–Kier alpha value is -1.07. The Morgan fingerprint density at radius 3 is 2.62 bits per heavy atom. The van der Waals surface area contributed by atoms with E-state index in [1.54, 1.807) is 0 Å². The SMILES string of the molecule is CCNCC1CCN(C(=O)CCCCOc2ccc(Br)cc2)CC1. The van der Waals surface area contributed by atoms with E-state index in [4.69, 9.17) is 4.74 Å². The number of amides is 1. The zero-order chi connectivity index (χ0) is 17.2. The number of benzene rings is 1. The molecule has 1 aliphatic rings. The number of hydrogen-bond donors (Lipinski definition) is 1. The molecule has 0 bridgehead atoms. The van der Waals surface area contributed by atoms with E-state index in [-0.39, 0.29) is 0 Å². The van der Waals surface area contributed by atoms with Gasteiger partial charge in [0.1, 0.15) is 5.75 Å². The van der Waals surface area contributed by atoms with Crippen LogP contribution in [0.15, 0.2) is 28.7 Å². The highest BCUT2D eigenvalue weighted by Gasteiger charge is 2.21. The van der Waals surface area contributed by atoms with Gasteiger partial charge in [-0.25, -0.2) is 0 Å². The molecule has 0 unspecified atom stereocenters. The first kappa shape index (κ1) is 19.3. The second-order valence-corrected chi connectivity index (χ2v) is 7.31. The van der Waals surface area contributed by atoms with Gasteiger partial charge in [-0.15, -0.1) is 0 Å². The highest BCUT2D eigenvalue weighted by Crippen LogP contribution is 2.18. The van der Waals surface area contributed by atoms with Crippen molar-refractivity contribution in [2.24, 2.45) is 5.92 Å². The standard InChI is InChI=1S/C19H29BrN2O2/c1-2-21-15-16-10-12-22(13-11-16)19(23)5-3-4-14-24-18-8-6-17(20)7-9-18/h6-9,16,21H,2-5,10-15H2,1H3. The highest BCUT2D eigenvalue weighted by molar-refractivity contribution is 9.10. The van der Waals surface area contributed by atoms with Crippen molar-refractivity contribution in [3.63, 3.8) is 0 Å². The Morgan fingerprint density at radius 1 is 1.25 bits per heavy atom. The summed E-state index contributed by atoms with van der Waals surface area (Å²) in [6.07, 6.45) is 4.71. The van der Waals surface area contributed by atoms with Gasteiger partial charge in [-0.1, -0.05) is 22.9 Å². The molecule has 0 atom stereocenters. The van der Waals surface area contributed by atoms with Crippen molar-refractivity contribution in [1.82, 2.24) is 10.2 Å². The summed E-state index contributed by atoms with van der Waals surface area (Å²) in [7, 11) is 0. The molecule has 1 fully saturated rings. The van der Waals surface area contributed by atoms with Crippen LogP contribution >= 0.6 is 15.9 Å². The summed E-state index contributed by atoms with van der Waals surface area (Å²) in [6.45, 7) is 6.76. The lowest BCUT2D eigenvalue weighted by Crippen LogP contribution is -2.40. The summed E-state index contributed by atoms with van der Waals surface area (Å²) in [6, 6.07) is 7.84. The third kappa shape index (κ3) is 6.81. The fraction of sp³-hybridized carbons (Fsp3) is 0.632. The Morgan fingerprint density at radius 2 is 1.96 bits per heavy atom. The van der Waals surface area contributed by atoms with Crippen LogP contribution < -0.4 is 10.1 Å². The molecule has 0 spiro atoms. The number of unbranched alkanes of at least 4 members (excludes halogenated alkanes) is 1. The van der Waals surface area contributed by atoms with Gasteiger partial charge in [0.05, 0.1) is 6.61 Å². The van der Waals surface area contributed by atoms with Gasteiger partial charge < -0.3 is 15.0 Å². The smallest absolute Gasteiger partial charge is 0.222 e. The number of hydrogen-bond acceptors (Lipinski definition) is 3. The van der Waals surface area contributed by atoms with Gasteiger partial charge in [0.25, 0.3) is 0 Å². The van der Waals surface area contributed by atoms with Crippen molar-refractivity contribution in [3.05, 3.63) is 28.7 Å². The molecule has 24 heavy (non-hydrogen) atoms. The molecule has 1 amide bonds. The Labute approximate surface area is 154 Å². The number of likely N-dealkylation sites (tertiary alicyclic amines) is 1. The number of carbonyl (C=O) groups is 1. The normalized spacial score (nSPS) is 15.5. The van der Waals surface area contributed by atoms with Gasteiger partial charge in [-0.2, -0.15) is 0 Å². The molecule has 0 radical (unpaired) electrons. The topological polar surface area (TPSA) is 41.6 Å². The quantitative estimate of drug-likeness (QED) is 0.644. The lowest BCUT2D eigenvalue weighted by Gasteiger charge is -2.32. The van der Waals surface area contributed by atoms with Gasteiger partial charge in [-0.3, -0.25) is 4.79 Å². The van der Waals surface area contributed by atoms with E-state index in [0.717, 1.165) is 68.0 Å². The van der Waals surface area contributed by atoms with Crippen molar-refractivity contribution < 1.29 is 9.53 Å². The van der Waals surface area contributed by atoms with Crippen LogP contribution in [0.4, 0.5) is 0 Å². The van der Waals surface area contributed by atoms with Crippen LogP contribution in [0.5, 0.6) is 5.75 Å². The van der Waals surface area contributed by atoms with Crippen molar-refractivity contribution in [3.8, 4) is 5.75 Å². The second kappa shape index (κ2) is 10.7. The molecule has 4 nitrogen and oxygen atoms in total. The van der Waals surface area contributed by atoms with Crippen molar-refractivity contribution in [2.75, 3.05) is 32.8 Å². The summed E-state index contributed by atoms with van der Waals surface area (Å²) in [5.41, 5.74) is 0. The van der Waals surface area contributed by atoms with Crippen LogP contribution in [-0.2, 0) is 4.79 Å². The third-order valence-corrected chi connectivity index (χ3v) is 5.05. The van der Waals surface area contributed by atoms with Gasteiger partial charge in [-0.05, 0) is 69.0 Å². The van der Waals surface area contributed by atoms with Crippen LogP contribution in [0, 0.1) is 5.92 Å². The molecule has 1 N–H and O–H groups in total. The van der Waals surface area contributed by atoms with E-state index < -0.39 is 0 Å². The summed E-state index contributed by atoms with van der Waals surface area (Å²) in [5, 5.41) is 3.41. The molecule has 0 saturated carbocycles. The minimum absolute atomic E-state index is 0.306. The monoisotopic (exact) mass is 396 g/mol. The molecule has 2 rings (SSSR count). The predicted molar refractivity (Wildman–Crippen MR) is 101 cm³/mol. The lowest BCUT2D eigenvalue weighted by molar-refractivity contribution is -0.132. The largest absolute Gasteiger partial charge is 0.494 e. The molecule has 0 aliphatic carbocycles. The van der Waals surface area contributed by atoms with Crippen molar-refractivity contribution >= 4 is 21.8 Å². The number of carbonyl (C=O) groups excluding carboxylic acids is 1. The van der Waals surface area contributed by atoms with Crippen molar-refractivity contribution in [1.29, 1.82) is 0 Å². The zero-order valence-electron chi connectivity index (χ0n) is 14.6. The fourth-order valence-corrected chi connectivity index (χ4v) is 3.26. The minimum atomic E-state index is 0.306. The zero-order valence-corrected chi connectivity index (χ0v) is 16.2. The number of ether oxygens (including phenoxy) is 1. The van der Waals surface area contributed by atoms with Gasteiger partial charge in [0.2, 0.25) is 5.91 Å². The maximum Gasteiger partial charge on any atom is 0.222 e. The van der Waals surface area contributed by atoms with Gasteiger partial charge in [0, 0.05) is 24.0 Å². The average Bonchev–Trinajstić information content (AvgIpc) is 2.61. The van der Waals surface area contributed by atoms with Crippen LogP contribution in [0.25, 0.3) is 0 Å². The van der Waals surface area contributed by atoms with E-state index in [2.05, 4.69) is 28.2 Å². The van der Waals surface area contributed by atoms with E-state index in [1.807, 2.05) is 29.2 Å². The highest BCUT2D eigenvalue weighted by atomic mass is 79.9. The van der Waals surface area contributed by atoms with Crippen LogP contribution in [0.1, 0.15) is 39.0 Å². The summed E-state index contributed by atoms with van der Waals surface area (Å²) in [4.78, 5) is 14.3. The summed E-state index contributed by atoms with van der Waals surface area (Å²) >= 11 is 3.41. The molecule has 1 aromatic carbocycles. The molecule has 0 aromatic heterocycles. The van der Waals surface area contributed by atoms with E-state index in [0.29, 0.717) is 18.9 Å². The van der Waals surface area contributed by atoms with E-state index in [1.165, 1.54) is 0 Å². The predicted octanol–water partition coefficient (Wildman–Crippen LogP) is 3.85. The Kier molecular flexibility index (Phi) is 8.60. The molecule has 1 aromatic rings. The van der Waals surface area contributed by atoms with Gasteiger partial charge >= 0.3 is 0 Å². The first-order valence-corrected chi connectivity index (χ1v) is 9.85. The van der Waals surface area contributed by atoms with E-state index >= 15 is 0 Å². The number of nitrogens with zero attached hydrogens (tertiary/aromatic N) is 1. The summed E-state index contributed by atoms with van der Waals surface area (Å²) in [5.74, 6) is 1.92. The Bertz CT molecular complexity index is 485. The molecule has 1 heterocycles. The molecular formula is C19H29BrN2O2. The molecular weight excluding hydrogens is 368 g/mol. The van der Waals surface area contributed by atoms with Crippen LogP contribution in [0.3, 0.4) is 0 Å². The molecule has 5 heteroatoms. The third-order valence-electron chi connectivity index (χ3n) is 4.52. The van der Waals surface area contributed by atoms with Gasteiger partial charge in [0.15, 0.2) is 0 Å². The number of rotatable bonds is 9. The Balaban J connectivity index is 1.54. The average molecular weight is 397 g/mol. The fourth-order valence-electron chi connectivity index (χ4n) is 2.99. The molecule has 1 aliphatic heterocycles. The van der Waals surface area contributed by atoms with Crippen LogP contribution in [-0.4, -0.2) is 43.6 Å². The lowest BCUT2D eigenvalue weighted by atomic mass is 9.96. The molecule has 134 valence electrons. The maximum absolute atomic E-state index is 12.3. The summed E-state index contributed by atoms with van der Waals surface area (Å²) < 4.78 is 6.74. The van der Waals surface area contributed by atoms with E-state index in [9.17, 15) is 4.79 Å².